The number of fused-ring (bicyclic) bond motifs is 1. The van der Waals surface area contributed by atoms with Gasteiger partial charge in [0.25, 0.3) is 0 Å². The van der Waals surface area contributed by atoms with Gasteiger partial charge in [-0.15, -0.1) is 0 Å². The highest BCUT2D eigenvalue weighted by molar-refractivity contribution is 5.95. The molecule has 1 N–H and O–H groups in total. The summed E-state index contributed by atoms with van der Waals surface area (Å²) in [4.78, 5) is 16.4. The van der Waals surface area contributed by atoms with E-state index in [0.717, 1.165) is 37.3 Å². The molecule has 0 amide bonds. The number of rotatable bonds is 2. The van der Waals surface area contributed by atoms with Gasteiger partial charge in [0.1, 0.15) is 0 Å². The summed E-state index contributed by atoms with van der Waals surface area (Å²) < 4.78 is 0. The first-order valence-corrected chi connectivity index (χ1v) is 7.48. The van der Waals surface area contributed by atoms with Crippen LogP contribution in [0, 0.1) is 6.92 Å². The van der Waals surface area contributed by atoms with Gasteiger partial charge in [0.05, 0.1) is 11.3 Å². The minimum Gasteiger partial charge on any atom is -0.478 e. The Morgan fingerprint density at radius 1 is 1.25 bits per heavy atom. The van der Waals surface area contributed by atoms with E-state index >= 15 is 0 Å². The Morgan fingerprint density at radius 2 is 2.05 bits per heavy atom. The van der Waals surface area contributed by atoms with Crippen LogP contribution in [0.4, 0.5) is 5.69 Å². The molecule has 4 nitrogen and oxygen atoms in total. The lowest BCUT2D eigenvalue weighted by Crippen LogP contribution is -2.37. The van der Waals surface area contributed by atoms with Crippen LogP contribution in [0.15, 0.2) is 18.2 Å². The molecule has 1 aromatic rings. The van der Waals surface area contributed by atoms with Crippen molar-refractivity contribution in [2.24, 2.45) is 0 Å². The second-order valence-corrected chi connectivity index (χ2v) is 5.91. The van der Waals surface area contributed by atoms with Gasteiger partial charge in [0.2, 0.25) is 0 Å². The van der Waals surface area contributed by atoms with Crippen molar-refractivity contribution >= 4 is 11.7 Å². The molecule has 4 heteroatoms. The molecule has 2 saturated heterocycles. The number of aromatic carboxylic acids is 1. The third-order valence-electron chi connectivity index (χ3n) is 4.59. The summed E-state index contributed by atoms with van der Waals surface area (Å²) in [5.41, 5.74) is 2.43. The fourth-order valence-electron chi connectivity index (χ4n) is 3.66. The minimum absolute atomic E-state index is 0.441. The van der Waals surface area contributed by atoms with Crippen molar-refractivity contribution in [3.8, 4) is 0 Å². The predicted octanol–water partition coefficient (Wildman–Crippen LogP) is 2.37. The molecule has 0 aromatic heterocycles. The molecule has 3 rings (SSSR count). The standard InChI is InChI=1S/C16H22N2O2/c1-12-5-2-7-14(16(19)20)15(12)18-10-4-9-17-8-3-6-13(17)11-18/h2,5,7,13H,3-4,6,8-11H2,1H3,(H,19,20). The zero-order valence-corrected chi connectivity index (χ0v) is 12.0. The van der Waals surface area contributed by atoms with Gasteiger partial charge < -0.3 is 10.0 Å². The van der Waals surface area contributed by atoms with Crippen LogP contribution in [0.1, 0.15) is 35.2 Å². The Hall–Kier alpha value is -1.55. The van der Waals surface area contributed by atoms with E-state index in [1.165, 1.54) is 19.4 Å². The number of carboxylic acid groups (broad SMARTS) is 1. The van der Waals surface area contributed by atoms with Crippen LogP contribution < -0.4 is 4.90 Å². The number of para-hydroxylation sites is 1. The summed E-state index contributed by atoms with van der Waals surface area (Å²) >= 11 is 0. The van der Waals surface area contributed by atoms with Gasteiger partial charge in [-0.3, -0.25) is 4.90 Å². The molecule has 2 aliphatic heterocycles. The van der Waals surface area contributed by atoms with Gasteiger partial charge >= 0.3 is 5.97 Å². The first-order chi connectivity index (χ1) is 9.66. The van der Waals surface area contributed by atoms with E-state index in [1.54, 1.807) is 6.07 Å². The van der Waals surface area contributed by atoms with E-state index in [9.17, 15) is 9.90 Å². The second-order valence-electron chi connectivity index (χ2n) is 5.91. The lowest BCUT2D eigenvalue weighted by Gasteiger charge is -2.29. The molecule has 1 unspecified atom stereocenters. The number of hydrogen-bond donors (Lipinski definition) is 1. The van der Waals surface area contributed by atoms with E-state index < -0.39 is 5.97 Å². The summed E-state index contributed by atoms with van der Waals surface area (Å²) in [6.45, 7) is 6.29. The topological polar surface area (TPSA) is 43.8 Å². The zero-order chi connectivity index (χ0) is 14.1. The van der Waals surface area contributed by atoms with E-state index in [4.69, 9.17) is 0 Å². The van der Waals surface area contributed by atoms with E-state index in [2.05, 4.69) is 9.80 Å². The molecule has 0 aliphatic carbocycles. The van der Waals surface area contributed by atoms with Gasteiger partial charge in [-0.05, 0) is 44.4 Å². The Balaban J connectivity index is 1.93. The predicted molar refractivity (Wildman–Crippen MR) is 79.6 cm³/mol. The van der Waals surface area contributed by atoms with Crippen LogP contribution >= 0.6 is 0 Å². The Morgan fingerprint density at radius 3 is 2.85 bits per heavy atom. The molecule has 1 atom stereocenters. The van der Waals surface area contributed by atoms with Crippen molar-refractivity contribution in [1.29, 1.82) is 0 Å². The number of carbonyl (C=O) groups is 1. The molecule has 2 heterocycles. The van der Waals surface area contributed by atoms with E-state index in [0.29, 0.717) is 11.6 Å². The third kappa shape index (κ3) is 2.40. The molecule has 0 radical (unpaired) electrons. The van der Waals surface area contributed by atoms with Crippen molar-refractivity contribution in [1.82, 2.24) is 4.90 Å². The lowest BCUT2D eigenvalue weighted by molar-refractivity contribution is 0.0697. The highest BCUT2D eigenvalue weighted by Crippen LogP contribution is 2.30. The number of aryl methyl sites for hydroxylation is 1. The van der Waals surface area contributed by atoms with Crippen LogP contribution in [0.5, 0.6) is 0 Å². The summed E-state index contributed by atoms with van der Waals surface area (Å²) in [6, 6.07) is 6.17. The van der Waals surface area contributed by atoms with Crippen molar-refractivity contribution in [3.63, 3.8) is 0 Å². The van der Waals surface area contributed by atoms with Crippen LogP contribution in [0.25, 0.3) is 0 Å². The smallest absolute Gasteiger partial charge is 0.337 e. The summed E-state index contributed by atoms with van der Waals surface area (Å²) in [5, 5.41) is 9.44. The third-order valence-corrected chi connectivity index (χ3v) is 4.59. The number of anilines is 1. The zero-order valence-electron chi connectivity index (χ0n) is 12.0. The van der Waals surface area contributed by atoms with E-state index in [-0.39, 0.29) is 0 Å². The van der Waals surface area contributed by atoms with Crippen molar-refractivity contribution in [2.45, 2.75) is 32.2 Å². The van der Waals surface area contributed by atoms with Gasteiger partial charge in [0, 0.05) is 25.7 Å². The molecule has 1 aromatic carbocycles. The monoisotopic (exact) mass is 274 g/mol. The molecule has 20 heavy (non-hydrogen) atoms. The highest BCUT2D eigenvalue weighted by Gasteiger charge is 2.30. The summed E-state index contributed by atoms with van der Waals surface area (Å²) in [7, 11) is 0. The molecular formula is C16H22N2O2. The molecule has 0 saturated carbocycles. The minimum atomic E-state index is -0.823. The van der Waals surface area contributed by atoms with Crippen LogP contribution in [-0.4, -0.2) is 48.2 Å². The summed E-state index contributed by atoms with van der Waals surface area (Å²) in [6.07, 6.45) is 3.63. The van der Waals surface area contributed by atoms with E-state index in [1.807, 2.05) is 19.1 Å². The molecule has 0 bridgehead atoms. The Kier molecular flexibility index (Phi) is 3.66. The number of carboxylic acids is 1. The maximum Gasteiger partial charge on any atom is 0.337 e. The molecule has 2 fully saturated rings. The molecular weight excluding hydrogens is 252 g/mol. The molecule has 2 aliphatic rings. The quantitative estimate of drug-likeness (QED) is 0.899. The van der Waals surface area contributed by atoms with Gasteiger partial charge in [0.15, 0.2) is 0 Å². The van der Waals surface area contributed by atoms with Gasteiger partial charge in [-0.1, -0.05) is 12.1 Å². The SMILES string of the molecule is Cc1cccc(C(=O)O)c1N1CCCN2CCCC2C1. The van der Waals surface area contributed by atoms with Crippen LogP contribution in [-0.2, 0) is 0 Å². The average molecular weight is 274 g/mol. The largest absolute Gasteiger partial charge is 0.478 e. The molecule has 108 valence electrons. The number of nitrogens with zero attached hydrogens (tertiary/aromatic N) is 2. The Labute approximate surface area is 120 Å². The fourth-order valence-corrected chi connectivity index (χ4v) is 3.66. The summed E-state index contributed by atoms with van der Waals surface area (Å²) in [5.74, 6) is -0.823. The van der Waals surface area contributed by atoms with Crippen molar-refractivity contribution in [2.75, 3.05) is 31.1 Å². The van der Waals surface area contributed by atoms with Crippen LogP contribution in [0.3, 0.4) is 0 Å². The van der Waals surface area contributed by atoms with Gasteiger partial charge in [-0.2, -0.15) is 0 Å². The number of benzene rings is 1. The fraction of sp³-hybridized carbons (Fsp3) is 0.562. The normalized spacial score (nSPS) is 23.4. The maximum absolute atomic E-state index is 11.5. The van der Waals surface area contributed by atoms with Crippen molar-refractivity contribution < 1.29 is 9.90 Å². The lowest BCUT2D eigenvalue weighted by atomic mass is 10.1. The second kappa shape index (κ2) is 5.44. The Bertz CT molecular complexity index is 515. The van der Waals surface area contributed by atoms with Crippen molar-refractivity contribution in [3.05, 3.63) is 29.3 Å². The maximum atomic E-state index is 11.5. The number of hydrogen-bond acceptors (Lipinski definition) is 3. The van der Waals surface area contributed by atoms with Gasteiger partial charge in [-0.25, -0.2) is 4.79 Å². The molecule has 0 spiro atoms. The van der Waals surface area contributed by atoms with Crippen LogP contribution in [0.2, 0.25) is 0 Å². The average Bonchev–Trinajstić information content (AvgIpc) is 2.76. The first-order valence-electron chi connectivity index (χ1n) is 7.48. The first kappa shape index (κ1) is 13.4. The highest BCUT2D eigenvalue weighted by atomic mass is 16.4.